The first-order chi connectivity index (χ1) is 10.2. The van der Waals surface area contributed by atoms with E-state index in [9.17, 15) is 10.1 Å². The fourth-order valence-electron chi connectivity index (χ4n) is 1.79. The fourth-order valence-corrected chi connectivity index (χ4v) is 1.79. The monoisotopic (exact) mass is 283 g/mol. The number of aromatic nitrogens is 1. The van der Waals surface area contributed by atoms with Gasteiger partial charge in [0.1, 0.15) is 6.07 Å². The van der Waals surface area contributed by atoms with Crippen molar-refractivity contribution in [1.29, 1.82) is 5.26 Å². The third-order valence-electron chi connectivity index (χ3n) is 2.80. The molecule has 0 atom stereocenters. The highest BCUT2D eigenvalue weighted by Gasteiger charge is 2.11. The van der Waals surface area contributed by atoms with Gasteiger partial charge in [-0.25, -0.2) is 0 Å². The van der Waals surface area contributed by atoms with Crippen LogP contribution in [0.4, 0.5) is 5.69 Å². The molecule has 21 heavy (non-hydrogen) atoms. The van der Waals surface area contributed by atoms with E-state index in [2.05, 4.69) is 11.1 Å². The van der Waals surface area contributed by atoms with Gasteiger partial charge in [-0.2, -0.15) is 5.26 Å². The standard InChI is InChI=1S/C15H13N3O3/c1-2-6-21-15-10-17-14(8-12(15)9-16)11-4-3-5-13(7-11)18(19)20/h3-5,7-8,10H,2,6H2,1H3. The summed E-state index contributed by atoms with van der Waals surface area (Å²) in [6.45, 7) is 2.48. The molecular formula is C15H13N3O3. The minimum Gasteiger partial charge on any atom is -0.491 e. The van der Waals surface area contributed by atoms with Gasteiger partial charge in [-0.05, 0) is 12.5 Å². The number of nitro benzene ring substituents is 1. The van der Waals surface area contributed by atoms with Gasteiger partial charge in [-0.15, -0.1) is 0 Å². The summed E-state index contributed by atoms with van der Waals surface area (Å²) in [5.74, 6) is 0.425. The molecule has 6 nitrogen and oxygen atoms in total. The molecule has 0 unspecified atom stereocenters. The molecule has 0 fully saturated rings. The van der Waals surface area contributed by atoms with Crippen LogP contribution in [0.1, 0.15) is 18.9 Å². The quantitative estimate of drug-likeness (QED) is 0.620. The van der Waals surface area contributed by atoms with Crippen LogP contribution in [-0.4, -0.2) is 16.5 Å². The van der Waals surface area contributed by atoms with Crippen molar-refractivity contribution in [2.24, 2.45) is 0 Å². The van der Waals surface area contributed by atoms with Gasteiger partial charge >= 0.3 is 0 Å². The number of nitro groups is 1. The highest BCUT2D eigenvalue weighted by Crippen LogP contribution is 2.26. The highest BCUT2D eigenvalue weighted by molar-refractivity contribution is 5.65. The molecule has 0 aliphatic carbocycles. The Morgan fingerprint density at radius 2 is 2.24 bits per heavy atom. The van der Waals surface area contributed by atoms with Crippen molar-refractivity contribution in [3.8, 4) is 23.1 Å². The van der Waals surface area contributed by atoms with Crippen molar-refractivity contribution in [3.63, 3.8) is 0 Å². The van der Waals surface area contributed by atoms with Crippen molar-refractivity contribution in [2.75, 3.05) is 6.61 Å². The Balaban J connectivity index is 2.39. The summed E-state index contributed by atoms with van der Waals surface area (Å²) < 4.78 is 5.44. The van der Waals surface area contributed by atoms with Crippen molar-refractivity contribution in [3.05, 3.63) is 52.2 Å². The summed E-state index contributed by atoms with van der Waals surface area (Å²) >= 11 is 0. The van der Waals surface area contributed by atoms with E-state index in [1.54, 1.807) is 18.2 Å². The van der Waals surface area contributed by atoms with E-state index in [0.717, 1.165) is 6.42 Å². The number of pyridine rings is 1. The average molecular weight is 283 g/mol. The van der Waals surface area contributed by atoms with E-state index in [4.69, 9.17) is 10.00 Å². The maximum Gasteiger partial charge on any atom is 0.270 e. The molecule has 1 aromatic carbocycles. The van der Waals surface area contributed by atoms with Crippen LogP contribution in [0.25, 0.3) is 11.3 Å². The van der Waals surface area contributed by atoms with E-state index >= 15 is 0 Å². The Bertz CT molecular complexity index is 708. The molecule has 0 aliphatic rings. The molecule has 1 heterocycles. The van der Waals surface area contributed by atoms with E-state index in [1.165, 1.54) is 18.3 Å². The van der Waals surface area contributed by atoms with Crippen LogP contribution >= 0.6 is 0 Å². The molecule has 0 saturated heterocycles. The third kappa shape index (κ3) is 3.34. The third-order valence-corrected chi connectivity index (χ3v) is 2.80. The molecule has 0 spiro atoms. The number of rotatable bonds is 5. The molecule has 2 aromatic rings. The Kier molecular flexibility index (Phi) is 4.46. The molecule has 0 aliphatic heterocycles. The lowest BCUT2D eigenvalue weighted by molar-refractivity contribution is -0.384. The lowest BCUT2D eigenvalue weighted by Gasteiger charge is -2.07. The summed E-state index contributed by atoms with van der Waals surface area (Å²) in [7, 11) is 0. The van der Waals surface area contributed by atoms with Gasteiger partial charge in [0, 0.05) is 17.7 Å². The maximum atomic E-state index is 10.8. The SMILES string of the molecule is CCCOc1cnc(-c2cccc([N+](=O)[O-])c2)cc1C#N. The Hall–Kier alpha value is -2.94. The zero-order valence-corrected chi connectivity index (χ0v) is 11.4. The number of non-ortho nitro benzene ring substituents is 1. The topological polar surface area (TPSA) is 89.1 Å². The number of nitrogens with zero attached hydrogens (tertiary/aromatic N) is 3. The molecular weight excluding hydrogens is 270 g/mol. The van der Waals surface area contributed by atoms with E-state index < -0.39 is 4.92 Å². The van der Waals surface area contributed by atoms with Crippen LogP contribution in [0.15, 0.2) is 36.5 Å². The molecule has 0 saturated carbocycles. The van der Waals surface area contributed by atoms with Crippen molar-refractivity contribution in [1.82, 2.24) is 4.98 Å². The van der Waals surface area contributed by atoms with Gasteiger partial charge in [-0.1, -0.05) is 19.1 Å². The van der Waals surface area contributed by atoms with Gasteiger partial charge in [-0.3, -0.25) is 15.1 Å². The second-order valence-corrected chi connectivity index (χ2v) is 4.33. The minimum atomic E-state index is -0.465. The van der Waals surface area contributed by atoms with Gasteiger partial charge in [0.2, 0.25) is 0 Å². The molecule has 2 rings (SSSR count). The Labute approximate surface area is 121 Å². The zero-order valence-electron chi connectivity index (χ0n) is 11.4. The van der Waals surface area contributed by atoms with Crippen molar-refractivity contribution >= 4 is 5.69 Å². The highest BCUT2D eigenvalue weighted by atomic mass is 16.6. The van der Waals surface area contributed by atoms with Crippen LogP contribution in [-0.2, 0) is 0 Å². The van der Waals surface area contributed by atoms with Crippen LogP contribution in [0, 0.1) is 21.4 Å². The van der Waals surface area contributed by atoms with Crippen LogP contribution in [0.5, 0.6) is 5.75 Å². The van der Waals surface area contributed by atoms with Gasteiger partial charge in [0.25, 0.3) is 5.69 Å². The number of ether oxygens (including phenoxy) is 1. The predicted octanol–water partition coefficient (Wildman–Crippen LogP) is 3.32. The molecule has 0 amide bonds. The largest absolute Gasteiger partial charge is 0.491 e. The normalized spacial score (nSPS) is 9.90. The first kappa shape index (κ1) is 14.5. The molecule has 1 aromatic heterocycles. The van der Waals surface area contributed by atoms with E-state index in [1.807, 2.05) is 6.92 Å². The number of benzene rings is 1. The first-order valence-corrected chi connectivity index (χ1v) is 6.43. The lowest BCUT2D eigenvalue weighted by Crippen LogP contribution is -1.99. The van der Waals surface area contributed by atoms with Gasteiger partial charge in [0.15, 0.2) is 5.75 Å². The molecule has 106 valence electrons. The van der Waals surface area contributed by atoms with Crippen LogP contribution in [0.2, 0.25) is 0 Å². The molecule has 0 radical (unpaired) electrons. The van der Waals surface area contributed by atoms with Gasteiger partial charge in [0.05, 0.1) is 29.0 Å². The van der Waals surface area contributed by atoms with Crippen LogP contribution in [0.3, 0.4) is 0 Å². The Morgan fingerprint density at radius 1 is 1.43 bits per heavy atom. The van der Waals surface area contributed by atoms with Gasteiger partial charge < -0.3 is 4.74 Å². The lowest BCUT2D eigenvalue weighted by atomic mass is 10.1. The average Bonchev–Trinajstić information content (AvgIpc) is 2.52. The van der Waals surface area contributed by atoms with E-state index in [0.29, 0.717) is 29.2 Å². The maximum absolute atomic E-state index is 10.8. The molecule has 6 heteroatoms. The first-order valence-electron chi connectivity index (χ1n) is 6.43. The number of hydrogen-bond acceptors (Lipinski definition) is 5. The van der Waals surface area contributed by atoms with E-state index in [-0.39, 0.29) is 5.69 Å². The minimum absolute atomic E-state index is 0.0147. The predicted molar refractivity (Wildman–Crippen MR) is 76.8 cm³/mol. The number of nitriles is 1. The second kappa shape index (κ2) is 6.48. The zero-order chi connectivity index (χ0) is 15.2. The molecule has 0 N–H and O–H groups in total. The smallest absolute Gasteiger partial charge is 0.270 e. The number of hydrogen-bond donors (Lipinski definition) is 0. The second-order valence-electron chi connectivity index (χ2n) is 4.33. The fraction of sp³-hybridized carbons (Fsp3) is 0.200. The summed E-state index contributed by atoms with van der Waals surface area (Å²) in [5, 5.41) is 20.0. The molecule has 0 bridgehead atoms. The summed E-state index contributed by atoms with van der Waals surface area (Å²) in [5.41, 5.74) is 1.43. The Morgan fingerprint density at radius 3 is 2.90 bits per heavy atom. The van der Waals surface area contributed by atoms with Crippen molar-refractivity contribution in [2.45, 2.75) is 13.3 Å². The van der Waals surface area contributed by atoms with Crippen LogP contribution < -0.4 is 4.74 Å². The summed E-state index contributed by atoms with van der Waals surface area (Å²) in [6, 6.07) is 9.76. The summed E-state index contributed by atoms with van der Waals surface area (Å²) in [6.07, 6.45) is 2.31. The van der Waals surface area contributed by atoms with Crippen molar-refractivity contribution < 1.29 is 9.66 Å². The summed E-state index contributed by atoms with van der Waals surface area (Å²) in [4.78, 5) is 14.5.